The van der Waals surface area contributed by atoms with Crippen LogP contribution >= 0.6 is 0 Å². The molecule has 2 rings (SSSR count). The lowest BCUT2D eigenvalue weighted by Crippen LogP contribution is -2.08. The number of hydrogen-bond acceptors (Lipinski definition) is 5. The third-order valence-corrected chi connectivity index (χ3v) is 2.32. The number of rotatable bonds is 2. The number of benzene rings is 1. The Kier molecular flexibility index (Phi) is 2.82. The van der Waals surface area contributed by atoms with Gasteiger partial charge < -0.3 is 13.9 Å². The van der Waals surface area contributed by atoms with E-state index in [1.54, 1.807) is 18.2 Å². The molecule has 1 heterocycles. The minimum Gasteiger partial charge on any atom is -0.497 e. The topological polar surface area (TPSA) is 65.7 Å². The van der Waals surface area contributed by atoms with E-state index in [0.717, 1.165) is 6.07 Å². The number of methoxy groups -OCH3 is 2. The molecular weight excluding hydrogens is 224 g/mol. The lowest BCUT2D eigenvalue weighted by molar-refractivity contribution is 0.0565. The second kappa shape index (κ2) is 4.29. The second-order valence-electron chi connectivity index (χ2n) is 3.33. The van der Waals surface area contributed by atoms with E-state index in [-0.39, 0.29) is 16.8 Å². The minimum absolute atomic E-state index is 0.127. The van der Waals surface area contributed by atoms with Gasteiger partial charge in [0.15, 0.2) is 5.43 Å². The number of hydrogen-bond donors (Lipinski definition) is 0. The summed E-state index contributed by atoms with van der Waals surface area (Å²) in [6.45, 7) is 0. The molecule has 17 heavy (non-hydrogen) atoms. The molecule has 0 saturated carbocycles. The van der Waals surface area contributed by atoms with Crippen molar-refractivity contribution in [3.63, 3.8) is 0 Å². The van der Waals surface area contributed by atoms with E-state index >= 15 is 0 Å². The van der Waals surface area contributed by atoms with Crippen molar-refractivity contribution in [1.29, 1.82) is 0 Å². The summed E-state index contributed by atoms with van der Waals surface area (Å²) < 4.78 is 14.8. The van der Waals surface area contributed by atoms with Gasteiger partial charge in [-0.1, -0.05) is 0 Å². The summed E-state index contributed by atoms with van der Waals surface area (Å²) in [5.41, 5.74) is -0.00782. The molecule has 0 N–H and O–H groups in total. The monoisotopic (exact) mass is 234 g/mol. The van der Waals surface area contributed by atoms with Crippen LogP contribution in [0.25, 0.3) is 11.0 Å². The third kappa shape index (κ3) is 1.99. The highest BCUT2D eigenvalue weighted by molar-refractivity contribution is 5.89. The van der Waals surface area contributed by atoms with Gasteiger partial charge in [-0.25, -0.2) is 4.79 Å². The molecule has 0 fully saturated rings. The first-order chi connectivity index (χ1) is 8.15. The zero-order valence-corrected chi connectivity index (χ0v) is 9.35. The molecule has 0 atom stereocenters. The Labute approximate surface area is 96.6 Å². The van der Waals surface area contributed by atoms with E-state index in [0.29, 0.717) is 11.1 Å². The van der Waals surface area contributed by atoms with Gasteiger partial charge in [0, 0.05) is 12.1 Å². The Bertz CT molecular complexity index is 626. The molecule has 0 aliphatic carbocycles. The van der Waals surface area contributed by atoms with Crippen LogP contribution in [-0.2, 0) is 4.74 Å². The Hall–Kier alpha value is -2.30. The Morgan fingerprint density at radius 1 is 1.24 bits per heavy atom. The maximum absolute atomic E-state index is 11.7. The summed E-state index contributed by atoms with van der Waals surface area (Å²) in [4.78, 5) is 23.0. The van der Waals surface area contributed by atoms with Crippen molar-refractivity contribution in [2.45, 2.75) is 0 Å². The smallest absolute Gasteiger partial charge is 0.374 e. The van der Waals surface area contributed by atoms with Gasteiger partial charge in [0.05, 0.1) is 19.6 Å². The summed E-state index contributed by atoms with van der Waals surface area (Å²) in [6.07, 6.45) is 0. The van der Waals surface area contributed by atoms with Crippen molar-refractivity contribution in [3.8, 4) is 5.75 Å². The van der Waals surface area contributed by atoms with Crippen molar-refractivity contribution in [3.05, 3.63) is 40.2 Å². The summed E-state index contributed by atoms with van der Waals surface area (Å²) in [6, 6.07) is 5.89. The molecule has 0 saturated heterocycles. The molecule has 0 spiro atoms. The Balaban J connectivity index is 2.70. The molecule has 0 amide bonds. The first kappa shape index (κ1) is 11.2. The third-order valence-electron chi connectivity index (χ3n) is 2.32. The van der Waals surface area contributed by atoms with Crippen molar-refractivity contribution in [2.24, 2.45) is 0 Å². The average Bonchev–Trinajstić information content (AvgIpc) is 2.36. The molecule has 2 aromatic rings. The van der Waals surface area contributed by atoms with Crippen molar-refractivity contribution in [1.82, 2.24) is 0 Å². The van der Waals surface area contributed by atoms with Crippen LogP contribution < -0.4 is 10.2 Å². The van der Waals surface area contributed by atoms with E-state index in [4.69, 9.17) is 9.15 Å². The number of esters is 1. The fourth-order valence-corrected chi connectivity index (χ4v) is 1.46. The molecule has 1 aromatic heterocycles. The predicted molar refractivity (Wildman–Crippen MR) is 60.4 cm³/mol. The van der Waals surface area contributed by atoms with Gasteiger partial charge in [0.2, 0.25) is 5.76 Å². The summed E-state index contributed by atoms with van der Waals surface area (Å²) in [7, 11) is 2.72. The Morgan fingerprint density at radius 3 is 2.65 bits per heavy atom. The second-order valence-corrected chi connectivity index (χ2v) is 3.33. The fourth-order valence-electron chi connectivity index (χ4n) is 1.46. The van der Waals surface area contributed by atoms with Crippen LogP contribution in [0.2, 0.25) is 0 Å². The van der Waals surface area contributed by atoms with E-state index in [2.05, 4.69) is 4.74 Å². The quantitative estimate of drug-likeness (QED) is 0.738. The maximum Gasteiger partial charge on any atom is 0.374 e. The van der Waals surface area contributed by atoms with Crippen LogP contribution in [0.15, 0.2) is 33.5 Å². The number of ether oxygens (including phenoxy) is 2. The molecular formula is C12H10O5. The van der Waals surface area contributed by atoms with Gasteiger partial charge in [-0.2, -0.15) is 0 Å². The number of fused-ring (bicyclic) bond motifs is 1. The highest BCUT2D eigenvalue weighted by atomic mass is 16.5. The average molecular weight is 234 g/mol. The van der Waals surface area contributed by atoms with Gasteiger partial charge >= 0.3 is 5.97 Å². The molecule has 0 unspecified atom stereocenters. The lowest BCUT2D eigenvalue weighted by atomic mass is 10.2. The summed E-state index contributed by atoms with van der Waals surface area (Å²) in [5, 5.41) is 0.387. The largest absolute Gasteiger partial charge is 0.497 e. The molecule has 0 aliphatic heterocycles. The van der Waals surface area contributed by atoms with E-state index in [1.165, 1.54) is 14.2 Å². The summed E-state index contributed by atoms with van der Waals surface area (Å²) in [5.74, 6) is -0.271. The van der Waals surface area contributed by atoms with Crippen LogP contribution in [0.1, 0.15) is 10.6 Å². The first-order valence-electron chi connectivity index (χ1n) is 4.86. The van der Waals surface area contributed by atoms with Gasteiger partial charge in [0.1, 0.15) is 11.3 Å². The standard InChI is InChI=1S/C12H10O5/c1-15-7-3-4-8-9(13)6-11(12(14)16-2)17-10(8)5-7/h3-6H,1-2H3. The minimum atomic E-state index is -0.688. The SMILES string of the molecule is COC(=O)c1cc(=O)c2ccc(OC)cc2o1. The van der Waals surface area contributed by atoms with Crippen LogP contribution in [0, 0.1) is 0 Å². The van der Waals surface area contributed by atoms with Gasteiger partial charge in [-0.15, -0.1) is 0 Å². The van der Waals surface area contributed by atoms with Gasteiger partial charge in [0.25, 0.3) is 0 Å². The van der Waals surface area contributed by atoms with Crippen LogP contribution in [0.3, 0.4) is 0 Å². The van der Waals surface area contributed by atoms with Crippen molar-refractivity contribution < 1.29 is 18.7 Å². The fraction of sp³-hybridized carbons (Fsp3) is 0.167. The molecule has 5 nitrogen and oxygen atoms in total. The van der Waals surface area contributed by atoms with Gasteiger partial charge in [-0.05, 0) is 12.1 Å². The van der Waals surface area contributed by atoms with E-state index < -0.39 is 5.97 Å². The normalized spacial score (nSPS) is 10.2. The maximum atomic E-state index is 11.7. The lowest BCUT2D eigenvalue weighted by Gasteiger charge is -2.03. The van der Waals surface area contributed by atoms with Crippen LogP contribution in [0.5, 0.6) is 5.75 Å². The number of carbonyl (C=O) groups excluding carboxylic acids is 1. The molecule has 0 aliphatic rings. The highest BCUT2D eigenvalue weighted by Gasteiger charge is 2.12. The van der Waals surface area contributed by atoms with Gasteiger partial charge in [-0.3, -0.25) is 4.79 Å². The molecule has 0 radical (unpaired) electrons. The molecule has 5 heteroatoms. The van der Waals surface area contributed by atoms with Crippen molar-refractivity contribution >= 4 is 16.9 Å². The van der Waals surface area contributed by atoms with Crippen LogP contribution in [0.4, 0.5) is 0 Å². The Morgan fingerprint density at radius 2 is 2.00 bits per heavy atom. The van der Waals surface area contributed by atoms with Crippen LogP contribution in [-0.4, -0.2) is 20.2 Å². The zero-order valence-electron chi connectivity index (χ0n) is 9.35. The van der Waals surface area contributed by atoms with Crippen molar-refractivity contribution in [2.75, 3.05) is 14.2 Å². The summed E-state index contributed by atoms with van der Waals surface area (Å²) >= 11 is 0. The predicted octanol–water partition coefficient (Wildman–Crippen LogP) is 1.59. The van der Waals surface area contributed by atoms with E-state index in [9.17, 15) is 9.59 Å². The number of carbonyl (C=O) groups is 1. The molecule has 88 valence electrons. The first-order valence-corrected chi connectivity index (χ1v) is 4.86. The molecule has 0 bridgehead atoms. The van der Waals surface area contributed by atoms with E-state index in [1.807, 2.05) is 0 Å². The highest BCUT2D eigenvalue weighted by Crippen LogP contribution is 2.19. The molecule has 1 aromatic carbocycles. The zero-order chi connectivity index (χ0) is 12.4.